The van der Waals surface area contributed by atoms with Crippen molar-refractivity contribution in [1.82, 2.24) is 19.9 Å². The molecule has 2 N–H and O–H groups in total. The van der Waals surface area contributed by atoms with E-state index in [0.29, 0.717) is 18.2 Å². The van der Waals surface area contributed by atoms with Crippen LogP contribution >= 0.6 is 11.3 Å². The second kappa shape index (κ2) is 8.69. The number of hydrogen-bond acceptors (Lipinski definition) is 5. The first-order chi connectivity index (χ1) is 14.9. The summed E-state index contributed by atoms with van der Waals surface area (Å²) in [6.07, 6.45) is 0. The number of pyridine rings is 2. The van der Waals surface area contributed by atoms with Crippen molar-refractivity contribution in [2.75, 3.05) is 11.9 Å². The molecular formula is C23H23N5O2S. The minimum absolute atomic E-state index is 0.0738. The number of anilines is 1. The number of urea groups is 1. The highest BCUT2D eigenvalue weighted by Crippen LogP contribution is 2.30. The maximum absolute atomic E-state index is 12.8. The van der Waals surface area contributed by atoms with E-state index in [0.717, 1.165) is 38.4 Å². The molecule has 0 aliphatic heterocycles. The number of aryl methyl sites for hydroxylation is 2. The molecule has 0 saturated carbocycles. The number of aromatic nitrogens is 3. The van der Waals surface area contributed by atoms with Gasteiger partial charge in [0.05, 0.1) is 22.5 Å². The fourth-order valence-electron chi connectivity index (χ4n) is 3.41. The number of nitrogens with one attached hydrogen (secondary N) is 2. The molecule has 0 saturated heterocycles. The average molecular weight is 434 g/mol. The van der Waals surface area contributed by atoms with Gasteiger partial charge in [-0.3, -0.25) is 15.1 Å². The summed E-state index contributed by atoms with van der Waals surface area (Å²) in [7, 11) is 0. The topological polar surface area (TPSA) is 88.9 Å². The van der Waals surface area contributed by atoms with E-state index in [1.165, 1.54) is 11.3 Å². The van der Waals surface area contributed by atoms with Gasteiger partial charge in [0.25, 0.3) is 5.56 Å². The first-order valence-corrected chi connectivity index (χ1v) is 10.8. The van der Waals surface area contributed by atoms with Crippen LogP contribution in [-0.4, -0.2) is 27.1 Å². The number of benzene rings is 1. The standard InChI is InChI=1S/C23H23N5O2S/c1-4-24-22(30)27-23-26-19-11-16(8-9-20(19)31-23)17-10-15(3)28(21(29)12-17)13-18-7-5-6-14(2)25-18/h5-12H,4,13H2,1-3H3,(H2,24,26,27,30). The van der Waals surface area contributed by atoms with Crippen molar-refractivity contribution < 1.29 is 4.79 Å². The van der Waals surface area contributed by atoms with E-state index in [1.807, 2.05) is 63.2 Å². The zero-order chi connectivity index (χ0) is 22.0. The van der Waals surface area contributed by atoms with Gasteiger partial charge in [-0.25, -0.2) is 9.78 Å². The van der Waals surface area contributed by atoms with Crippen LogP contribution in [-0.2, 0) is 6.54 Å². The van der Waals surface area contributed by atoms with Crippen molar-refractivity contribution in [2.24, 2.45) is 0 Å². The van der Waals surface area contributed by atoms with E-state index in [1.54, 1.807) is 10.6 Å². The molecule has 3 aromatic heterocycles. The summed E-state index contributed by atoms with van der Waals surface area (Å²) in [4.78, 5) is 33.6. The lowest BCUT2D eigenvalue weighted by Crippen LogP contribution is -2.28. The fourth-order valence-corrected chi connectivity index (χ4v) is 4.25. The van der Waals surface area contributed by atoms with Crippen LogP contribution in [0.2, 0.25) is 0 Å². The molecular weight excluding hydrogens is 410 g/mol. The molecule has 0 spiro atoms. The highest BCUT2D eigenvalue weighted by molar-refractivity contribution is 7.22. The molecule has 3 heterocycles. The summed E-state index contributed by atoms with van der Waals surface area (Å²) in [6.45, 7) is 6.71. The Labute approximate surface area is 183 Å². The second-order valence-electron chi connectivity index (χ2n) is 7.27. The Morgan fingerprint density at radius 2 is 1.90 bits per heavy atom. The number of fused-ring (bicyclic) bond motifs is 1. The molecule has 0 fully saturated rings. The van der Waals surface area contributed by atoms with Crippen LogP contribution in [0.4, 0.5) is 9.93 Å². The average Bonchev–Trinajstić information content (AvgIpc) is 3.12. The van der Waals surface area contributed by atoms with E-state index in [4.69, 9.17) is 0 Å². The molecule has 0 unspecified atom stereocenters. The van der Waals surface area contributed by atoms with E-state index in [-0.39, 0.29) is 11.6 Å². The van der Waals surface area contributed by atoms with Crippen LogP contribution in [0.1, 0.15) is 24.0 Å². The van der Waals surface area contributed by atoms with Crippen LogP contribution in [0.3, 0.4) is 0 Å². The maximum atomic E-state index is 12.8. The lowest BCUT2D eigenvalue weighted by atomic mass is 10.1. The zero-order valence-electron chi connectivity index (χ0n) is 17.6. The third-order valence-electron chi connectivity index (χ3n) is 4.88. The normalized spacial score (nSPS) is 10.9. The molecule has 0 aliphatic carbocycles. The van der Waals surface area contributed by atoms with Crippen molar-refractivity contribution in [2.45, 2.75) is 27.3 Å². The smallest absolute Gasteiger partial charge is 0.321 e. The molecule has 1 aromatic carbocycles. The lowest BCUT2D eigenvalue weighted by Gasteiger charge is -2.12. The minimum Gasteiger partial charge on any atom is -0.338 e. The SMILES string of the molecule is CCNC(=O)Nc1nc2cc(-c3cc(C)n(Cc4cccc(C)n4)c(=O)c3)ccc2s1. The van der Waals surface area contributed by atoms with Crippen molar-refractivity contribution in [3.8, 4) is 11.1 Å². The Kier molecular flexibility index (Phi) is 5.81. The first-order valence-electron chi connectivity index (χ1n) is 10.0. The number of amides is 2. The summed E-state index contributed by atoms with van der Waals surface area (Å²) < 4.78 is 2.69. The van der Waals surface area contributed by atoms with Crippen LogP contribution in [0.25, 0.3) is 21.3 Å². The molecule has 2 amide bonds. The molecule has 8 heteroatoms. The highest BCUT2D eigenvalue weighted by atomic mass is 32.1. The Morgan fingerprint density at radius 3 is 2.65 bits per heavy atom. The number of carbonyl (C=O) groups is 1. The van der Waals surface area contributed by atoms with Crippen LogP contribution in [0, 0.1) is 13.8 Å². The van der Waals surface area contributed by atoms with Gasteiger partial charge < -0.3 is 9.88 Å². The molecule has 0 aliphatic rings. The van der Waals surface area contributed by atoms with Gasteiger partial charge in [-0.05, 0) is 62.2 Å². The second-order valence-corrected chi connectivity index (χ2v) is 8.30. The summed E-state index contributed by atoms with van der Waals surface area (Å²) in [6, 6.07) is 15.1. The van der Waals surface area contributed by atoms with Gasteiger partial charge in [0.1, 0.15) is 0 Å². The monoisotopic (exact) mass is 433 g/mol. The predicted octanol–water partition coefficient (Wildman–Crippen LogP) is 4.33. The summed E-state index contributed by atoms with van der Waals surface area (Å²) in [5.74, 6) is 0. The summed E-state index contributed by atoms with van der Waals surface area (Å²) >= 11 is 1.41. The zero-order valence-corrected chi connectivity index (χ0v) is 18.4. The van der Waals surface area contributed by atoms with Gasteiger partial charge in [-0.15, -0.1) is 0 Å². The van der Waals surface area contributed by atoms with Crippen molar-refractivity contribution in [3.05, 3.63) is 76.0 Å². The van der Waals surface area contributed by atoms with E-state index < -0.39 is 0 Å². The molecule has 0 radical (unpaired) electrons. The van der Waals surface area contributed by atoms with E-state index in [2.05, 4.69) is 20.6 Å². The number of hydrogen-bond donors (Lipinski definition) is 2. The van der Waals surface area contributed by atoms with Crippen LogP contribution < -0.4 is 16.2 Å². The number of nitrogens with zero attached hydrogens (tertiary/aromatic N) is 3. The largest absolute Gasteiger partial charge is 0.338 e. The Morgan fingerprint density at radius 1 is 1.06 bits per heavy atom. The predicted molar refractivity (Wildman–Crippen MR) is 125 cm³/mol. The number of carbonyl (C=O) groups excluding carboxylic acids is 1. The van der Waals surface area contributed by atoms with Crippen molar-refractivity contribution in [1.29, 1.82) is 0 Å². The van der Waals surface area contributed by atoms with E-state index >= 15 is 0 Å². The van der Waals surface area contributed by atoms with Gasteiger partial charge in [0.2, 0.25) is 0 Å². The summed E-state index contributed by atoms with van der Waals surface area (Å²) in [5.41, 5.74) is 5.09. The van der Waals surface area contributed by atoms with Gasteiger partial charge in [-0.2, -0.15) is 0 Å². The van der Waals surface area contributed by atoms with Gasteiger partial charge in [0, 0.05) is 24.0 Å². The van der Waals surface area contributed by atoms with E-state index in [9.17, 15) is 9.59 Å². The van der Waals surface area contributed by atoms with Crippen LogP contribution in [0.5, 0.6) is 0 Å². The van der Waals surface area contributed by atoms with Crippen LogP contribution in [0.15, 0.2) is 53.3 Å². The van der Waals surface area contributed by atoms with Gasteiger partial charge in [0.15, 0.2) is 5.13 Å². The maximum Gasteiger partial charge on any atom is 0.321 e. The molecule has 0 atom stereocenters. The Balaban J connectivity index is 1.63. The minimum atomic E-state index is -0.274. The molecule has 7 nitrogen and oxygen atoms in total. The summed E-state index contributed by atoms with van der Waals surface area (Å²) in [5, 5.41) is 5.97. The fraction of sp³-hybridized carbons (Fsp3) is 0.217. The highest BCUT2D eigenvalue weighted by Gasteiger charge is 2.11. The van der Waals surface area contributed by atoms with Crippen molar-refractivity contribution in [3.63, 3.8) is 0 Å². The molecule has 4 aromatic rings. The Bertz CT molecular complexity index is 1330. The van der Waals surface area contributed by atoms with Gasteiger partial charge in [-0.1, -0.05) is 23.5 Å². The third-order valence-corrected chi connectivity index (χ3v) is 5.83. The number of thiazole rings is 1. The molecule has 0 bridgehead atoms. The third kappa shape index (κ3) is 4.64. The first kappa shape index (κ1) is 20.7. The number of rotatable bonds is 5. The van der Waals surface area contributed by atoms with Gasteiger partial charge >= 0.3 is 6.03 Å². The lowest BCUT2D eigenvalue weighted by molar-refractivity contribution is 0.252. The molecule has 4 rings (SSSR count). The van der Waals surface area contributed by atoms with Crippen molar-refractivity contribution >= 4 is 32.7 Å². The Hall–Kier alpha value is -3.52. The molecule has 31 heavy (non-hydrogen) atoms. The molecule has 158 valence electrons. The quantitative estimate of drug-likeness (QED) is 0.490.